The molecule has 0 aliphatic carbocycles. The molecule has 0 aliphatic rings. The third-order valence-corrected chi connectivity index (χ3v) is 4.49. The molecule has 0 unspecified atom stereocenters. The molecule has 0 radical (unpaired) electrons. The minimum atomic E-state index is -0.391. The van der Waals surface area contributed by atoms with E-state index in [1.54, 1.807) is 31.2 Å². The molecule has 1 amide bonds. The van der Waals surface area contributed by atoms with Crippen LogP contribution < -0.4 is 10.1 Å². The van der Waals surface area contributed by atoms with Gasteiger partial charge in [-0.1, -0.05) is 30.0 Å². The molecule has 9 heteroatoms. The summed E-state index contributed by atoms with van der Waals surface area (Å²) in [6, 6.07) is 15.9. The molecule has 0 fully saturated rings. The van der Waals surface area contributed by atoms with Crippen LogP contribution in [-0.4, -0.2) is 39.4 Å². The first-order valence-corrected chi connectivity index (χ1v) is 9.91. The van der Waals surface area contributed by atoms with Crippen molar-refractivity contribution in [1.29, 1.82) is 0 Å². The molecule has 8 nitrogen and oxygen atoms in total. The predicted octanol–water partition coefficient (Wildman–Crippen LogP) is 3.29. The van der Waals surface area contributed by atoms with Crippen molar-refractivity contribution in [3.05, 3.63) is 66.0 Å². The van der Waals surface area contributed by atoms with Crippen molar-refractivity contribution in [2.45, 2.75) is 18.7 Å². The van der Waals surface area contributed by atoms with Crippen LogP contribution >= 0.6 is 11.8 Å². The second kappa shape index (κ2) is 10.3. The molecule has 150 valence electrons. The summed E-state index contributed by atoms with van der Waals surface area (Å²) in [4.78, 5) is 28.0. The van der Waals surface area contributed by atoms with E-state index in [1.165, 1.54) is 11.8 Å². The summed E-state index contributed by atoms with van der Waals surface area (Å²) in [7, 11) is 0. The first kappa shape index (κ1) is 20.4. The number of carbonyl (C=O) groups is 2. The number of carbonyl (C=O) groups excluding carboxylic acids is 2. The molecule has 1 aromatic heterocycles. The van der Waals surface area contributed by atoms with Crippen molar-refractivity contribution in [2.75, 3.05) is 17.7 Å². The molecule has 0 spiro atoms. The molecule has 3 rings (SSSR count). The molecule has 0 atom stereocenters. The van der Waals surface area contributed by atoms with Crippen molar-refractivity contribution >= 4 is 29.3 Å². The second-order valence-corrected chi connectivity index (χ2v) is 6.74. The lowest BCUT2D eigenvalue weighted by molar-refractivity contribution is -0.113. The summed E-state index contributed by atoms with van der Waals surface area (Å²) in [6.45, 7) is 2.32. The van der Waals surface area contributed by atoms with Crippen LogP contribution in [0.1, 0.15) is 23.1 Å². The van der Waals surface area contributed by atoms with Gasteiger partial charge in [0.1, 0.15) is 12.4 Å². The van der Waals surface area contributed by atoms with Gasteiger partial charge in [-0.25, -0.2) is 9.78 Å². The van der Waals surface area contributed by atoms with Gasteiger partial charge in [0.2, 0.25) is 11.1 Å². The Labute approximate surface area is 172 Å². The van der Waals surface area contributed by atoms with E-state index in [-0.39, 0.29) is 18.3 Å². The molecular weight excluding hydrogens is 392 g/mol. The molecule has 0 bridgehead atoms. The highest BCUT2D eigenvalue weighted by atomic mass is 32.2. The maximum Gasteiger partial charge on any atom is 0.338 e. The highest BCUT2D eigenvalue weighted by molar-refractivity contribution is 7.99. The fraction of sp³-hybridized carbons (Fsp3) is 0.200. The first-order chi connectivity index (χ1) is 14.1. The summed E-state index contributed by atoms with van der Waals surface area (Å²) in [5, 5.41) is 10.1. The van der Waals surface area contributed by atoms with Crippen LogP contribution in [0.4, 0.5) is 5.69 Å². The van der Waals surface area contributed by atoms with E-state index in [0.717, 1.165) is 5.75 Å². The van der Waals surface area contributed by atoms with Gasteiger partial charge in [-0.3, -0.25) is 9.89 Å². The number of benzene rings is 2. The number of hydrogen-bond acceptors (Lipinski definition) is 7. The molecule has 0 saturated carbocycles. The smallest absolute Gasteiger partial charge is 0.338 e. The number of nitrogens with one attached hydrogen (secondary N) is 2. The van der Waals surface area contributed by atoms with Gasteiger partial charge in [0, 0.05) is 5.69 Å². The van der Waals surface area contributed by atoms with Crippen molar-refractivity contribution < 1.29 is 19.1 Å². The zero-order valence-corrected chi connectivity index (χ0v) is 16.6. The van der Waals surface area contributed by atoms with Gasteiger partial charge in [-0.05, 0) is 43.3 Å². The highest BCUT2D eigenvalue weighted by Gasteiger charge is 2.10. The topological polar surface area (TPSA) is 106 Å². The Morgan fingerprint density at radius 1 is 1.10 bits per heavy atom. The Morgan fingerprint density at radius 2 is 1.86 bits per heavy atom. The fourth-order valence-corrected chi connectivity index (χ4v) is 2.92. The van der Waals surface area contributed by atoms with Crippen molar-refractivity contribution in [3.8, 4) is 5.75 Å². The van der Waals surface area contributed by atoms with E-state index >= 15 is 0 Å². The fourth-order valence-electron chi connectivity index (χ4n) is 2.31. The lowest BCUT2D eigenvalue weighted by Crippen LogP contribution is -2.14. The van der Waals surface area contributed by atoms with Crippen LogP contribution in [-0.2, 0) is 16.1 Å². The average molecular weight is 412 g/mol. The Kier molecular flexibility index (Phi) is 7.23. The van der Waals surface area contributed by atoms with Gasteiger partial charge in [-0.2, -0.15) is 0 Å². The van der Waals surface area contributed by atoms with Crippen LogP contribution in [0.3, 0.4) is 0 Å². The zero-order valence-electron chi connectivity index (χ0n) is 15.8. The maximum absolute atomic E-state index is 12.1. The summed E-state index contributed by atoms with van der Waals surface area (Å²) < 4.78 is 10.5. The van der Waals surface area contributed by atoms with Crippen LogP contribution in [0, 0.1) is 0 Å². The quantitative estimate of drug-likeness (QED) is 0.410. The van der Waals surface area contributed by atoms with E-state index < -0.39 is 5.97 Å². The molecule has 0 aliphatic heterocycles. The first-order valence-electron chi connectivity index (χ1n) is 8.93. The number of amides is 1. The molecule has 3 aromatic rings. The van der Waals surface area contributed by atoms with Gasteiger partial charge in [0.05, 0.1) is 17.9 Å². The molecule has 2 aromatic carbocycles. The predicted molar refractivity (Wildman–Crippen MR) is 109 cm³/mol. The number of rotatable bonds is 9. The number of hydrogen-bond donors (Lipinski definition) is 2. The largest absolute Gasteiger partial charge is 0.486 e. The van der Waals surface area contributed by atoms with Gasteiger partial charge in [0.15, 0.2) is 5.82 Å². The second-order valence-electron chi connectivity index (χ2n) is 5.80. The van der Waals surface area contributed by atoms with Crippen LogP contribution in [0.5, 0.6) is 5.75 Å². The number of aromatic nitrogens is 3. The molecule has 29 heavy (non-hydrogen) atoms. The number of thioether (sulfide) groups is 1. The normalized spacial score (nSPS) is 10.4. The lowest BCUT2D eigenvalue weighted by atomic mass is 10.2. The van der Waals surface area contributed by atoms with E-state index in [1.807, 2.05) is 30.3 Å². The number of esters is 1. The van der Waals surface area contributed by atoms with E-state index in [4.69, 9.17) is 9.47 Å². The van der Waals surface area contributed by atoms with Gasteiger partial charge < -0.3 is 14.8 Å². The number of para-hydroxylation sites is 1. The molecule has 0 saturated heterocycles. The third kappa shape index (κ3) is 6.35. The average Bonchev–Trinajstić information content (AvgIpc) is 3.20. The Balaban J connectivity index is 1.43. The summed E-state index contributed by atoms with van der Waals surface area (Å²) in [5.74, 6) is 0.873. The van der Waals surface area contributed by atoms with Crippen LogP contribution in [0.2, 0.25) is 0 Å². The van der Waals surface area contributed by atoms with E-state index in [9.17, 15) is 9.59 Å². The number of aromatic amines is 1. The minimum Gasteiger partial charge on any atom is -0.486 e. The van der Waals surface area contributed by atoms with Gasteiger partial charge >= 0.3 is 5.97 Å². The van der Waals surface area contributed by atoms with Crippen LogP contribution in [0.15, 0.2) is 59.8 Å². The summed E-state index contributed by atoms with van der Waals surface area (Å²) in [5.41, 5.74) is 1.03. The standard InChI is InChI=1S/C20H20N4O4S/c1-2-27-19(26)14-8-10-15(11-9-14)21-18(25)13-29-20-22-17(23-24-20)12-28-16-6-4-3-5-7-16/h3-11H,2,12-13H2,1H3,(H,21,25)(H,22,23,24). The molecule has 2 N–H and O–H groups in total. The molecular formula is C20H20N4O4S. The third-order valence-electron chi connectivity index (χ3n) is 3.64. The number of H-pyrrole nitrogens is 1. The maximum atomic E-state index is 12.1. The van der Waals surface area contributed by atoms with E-state index in [2.05, 4.69) is 20.5 Å². The van der Waals surface area contributed by atoms with Crippen molar-refractivity contribution in [2.24, 2.45) is 0 Å². The Bertz CT molecular complexity index is 945. The number of anilines is 1. The molecule has 1 heterocycles. The summed E-state index contributed by atoms with van der Waals surface area (Å²) in [6.07, 6.45) is 0. The summed E-state index contributed by atoms with van der Waals surface area (Å²) >= 11 is 1.21. The monoisotopic (exact) mass is 412 g/mol. The van der Waals surface area contributed by atoms with Gasteiger partial charge in [0.25, 0.3) is 0 Å². The van der Waals surface area contributed by atoms with Crippen molar-refractivity contribution in [1.82, 2.24) is 15.2 Å². The van der Waals surface area contributed by atoms with Crippen molar-refractivity contribution in [3.63, 3.8) is 0 Å². The zero-order chi connectivity index (χ0) is 20.5. The number of nitrogens with zero attached hydrogens (tertiary/aromatic N) is 2. The Hall–Kier alpha value is -3.33. The van der Waals surface area contributed by atoms with E-state index in [0.29, 0.717) is 28.8 Å². The highest BCUT2D eigenvalue weighted by Crippen LogP contribution is 2.16. The SMILES string of the molecule is CCOC(=O)c1ccc(NC(=O)CSc2n[nH]c(COc3ccccc3)n2)cc1. The Morgan fingerprint density at radius 3 is 2.59 bits per heavy atom. The number of ether oxygens (including phenoxy) is 2. The van der Waals surface area contributed by atoms with Gasteiger partial charge in [-0.15, -0.1) is 5.10 Å². The minimum absolute atomic E-state index is 0.149. The lowest BCUT2D eigenvalue weighted by Gasteiger charge is -2.06. The van der Waals surface area contributed by atoms with Crippen LogP contribution in [0.25, 0.3) is 0 Å².